The Labute approximate surface area is 314 Å². The molecule has 3 rings (SSSR count). The van der Waals surface area contributed by atoms with Gasteiger partial charge in [-0.2, -0.15) is 0 Å². The summed E-state index contributed by atoms with van der Waals surface area (Å²) in [5, 5.41) is 114. The third-order valence-electron chi connectivity index (χ3n) is 9.35. The van der Waals surface area contributed by atoms with Crippen molar-refractivity contribution in [1.29, 1.82) is 0 Å². The molecule has 0 aliphatic carbocycles. The Morgan fingerprint density at radius 1 is 0.873 bits per heavy atom. The van der Waals surface area contributed by atoms with Gasteiger partial charge in [-0.05, 0) is 18.4 Å². The van der Waals surface area contributed by atoms with E-state index in [4.69, 9.17) is 34.0 Å². The maximum absolute atomic E-state index is 12.8. The van der Waals surface area contributed by atoms with Gasteiger partial charge in [0.15, 0.2) is 12.6 Å². The number of azide groups is 1. The molecule has 0 spiro atoms. The van der Waals surface area contributed by atoms with Crippen molar-refractivity contribution < 1.29 is 93.9 Å². The molecule has 0 bridgehead atoms. The van der Waals surface area contributed by atoms with Gasteiger partial charge in [-0.25, -0.2) is 4.79 Å². The molecule has 3 fully saturated rings. The number of hydrogen-bond acceptors (Lipinski definition) is 19. The van der Waals surface area contributed by atoms with Crippen molar-refractivity contribution in [3.63, 3.8) is 0 Å². The topological polar surface area (TPSA) is 382 Å². The molecule has 12 N–H and O–H groups in total. The minimum absolute atomic E-state index is 0.0999. The fourth-order valence-corrected chi connectivity index (χ4v) is 6.58. The van der Waals surface area contributed by atoms with Crippen LogP contribution >= 0.6 is 0 Å². The molecule has 0 saturated carbocycles. The molecule has 3 saturated heterocycles. The summed E-state index contributed by atoms with van der Waals surface area (Å²) in [6, 6.07) is -2.87. The zero-order chi connectivity index (χ0) is 41.0. The van der Waals surface area contributed by atoms with E-state index in [0.29, 0.717) is 25.8 Å². The number of carbonyl (C=O) groups excluding carboxylic acids is 2. The summed E-state index contributed by atoms with van der Waals surface area (Å²) in [5.41, 5.74) is 8.38. The van der Waals surface area contributed by atoms with Crippen molar-refractivity contribution in [2.24, 2.45) is 5.11 Å². The van der Waals surface area contributed by atoms with Gasteiger partial charge in [0, 0.05) is 38.3 Å². The summed E-state index contributed by atoms with van der Waals surface area (Å²) in [4.78, 5) is 39.5. The number of aliphatic hydroxyl groups excluding tert-OH is 9. The zero-order valence-electron chi connectivity index (χ0n) is 30.2. The lowest BCUT2D eigenvalue weighted by molar-refractivity contribution is -0.382. The minimum atomic E-state index is -3.05. The van der Waals surface area contributed by atoms with Gasteiger partial charge in [0.2, 0.25) is 11.8 Å². The number of aliphatic carboxylic acids is 1. The lowest BCUT2D eigenvalue weighted by Crippen LogP contribution is -2.71. The highest BCUT2D eigenvalue weighted by Gasteiger charge is 2.60. The van der Waals surface area contributed by atoms with E-state index in [9.17, 15) is 65.4 Å². The predicted octanol–water partition coefficient (Wildman–Crippen LogP) is -5.18. The highest BCUT2D eigenvalue weighted by atomic mass is 16.8. The summed E-state index contributed by atoms with van der Waals surface area (Å²) in [6.07, 6.45) is -22.5. The second-order valence-electron chi connectivity index (χ2n) is 13.5. The Morgan fingerprint density at radius 3 is 2.07 bits per heavy atom. The Bertz CT molecular complexity index is 1300. The molecule has 24 nitrogen and oxygen atoms in total. The summed E-state index contributed by atoms with van der Waals surface area (Å²) in [7, 11) is 0. The Hall–Kier alpha value is -2.88. The Morgan fingerprint density at radius 2 is 1.49 bits per heavy atom. The van der Waals surface area contributed by atoms with Crippen LogP contribution in [0.2, 0.25) is 0 Å². The number of carboxylic acids is 1. The number of rotatable bonds is 20. The third-order valence-corrected chi connectivity index (χ3v) is 9.35. The molecule has 3 aliphatic rings. The van der Waals surface area contributed by atoms with Gasteiger partial charge in [-0.15, -0.1) is 0 Å². The van der Waals surface area contributed by atoms with Gasteiger partial charge < -0.3 is 90.1 Å². The van der Waals surface area contributed by atoms with Crippen LogP contribution in [0.3, 0.4) is 0 Å². The van der Waals surface area contributed by atoms with E-state index in [0.717, 1.165) is 20.3 Å². The van der Waals surface area contributed by atoms with Crippen molar-refractivity contribution in [2.75, 3.05) is 33.0 Å². The second kappa shape index (κ2) is 21.6. The molecule has 16 atom stereocenters. The second-order valence-corrected chi connectivity index (χ2v) is 13.5. The van der Waals surface area contributed by atoms with Crippen molar-refractivity contribution in [3.05, 3.63) is 10.4 Å². The fourth-order valence-electron chi connectivity index (χ4n) is 6.58. The number of carboxylic acid groups (broad SMARTS) is 1. The maximum atomic E-state index is 12.8. The molecule has 0 aromatic carbocycles. The molecule has 3 aliphatic heterocycles. The number of nitrogens with one attached hydrogen (secondary N) is 2. The monoisotopic (exact) mass is 799 g/mol. The molecule has 0 aromatic rings. The van der Waals surface area contributed by atoms with E-state index < -0.39 is 142 Å². The molecule has 0 radical (unpaired) electrons. The van der Waals surface area contributed by atoms with Gasteiger partial charge in [0.25, 0.3) is 5.79 Å². The van der Waals surface area contributed by atoms with E-state index in [2.05, 4.69) is 20.7 Å². The predicted molar refractivity (Wildman–Crippen MR) is 178 cm³/mol. The lowest BCUT2D eigenvalue weighted by Gasteiger charge is -2.51. The molecule has 2 amide bonds. The van der Waals surface area contributed by atoms with Crippen LogP contribution in [0.15, 0.2) is 5.11 Å². The number of amides is 2. The first-order valence-corrected chi connectivity index (χ1v) is 17.7. The van der Waals surface area contributed by atoms with E-state index in [-0.39, 0.29) is 6.61 Å². The molecule has 3 heterocycles. The fraction of sp³-hybridized carbons (Fsp3) is 0.903. The van der Waals surface area contributed by atoms with Crippen LogP contribution in [0, 0.1) is 0 Å². The molecule has 316 valence electrons. The first-order chi connectivity index (χ1) is 26.0. The van der Waals surface area contributed by atoms with Gasteiger partial charge in [0.1, 0.15) is 67.1 Å². The van der Waals surface area contributed by atoms with E-state index in [1.54, 1.807) is 0 Å². The highest BCUT2D eigenvalue weighted by Crippen LogP contribution is 2.38. The van der Waals surface area contributed by atoms with Crippen molar-refractivity contribution in [3.8, 4) is 0 Å². The summed E-state index contributed by atoms with van der Waals surface area (Å²) >= 11 is 0. The van der Waals surface area contributed by atoms with E-state index in [1.165, 1.54) is 0 Å². The maximum Gasteiger partial charge on any atom is 0.364 e. The van der Waals surface area contributed by atoms with Crippen molar-refractivity contribution in [2.45, 2.75) is 144 Å². The van der Waals surface area contributed by atoms with Crippen LogP contribution in [-0.2, 0) is 42.8 Å². The van der Waals surface area contributed by atoms with Gasteiger partial charge in [-0.1, -0.05) is 18.0 Å². The average molecular weight is 800 g/mol. The van der Waals surface area contributed by atoms with Gasteiger partial charge in [-0.3, -0.25) is 9.59 Å². The van der Waals surface area contributed by atoms with E-state index >= 15 is 0 Å². The van der Waals surface area contributed by atoms with Gasteiger partial charge >= 0.3 is 5.97 Å². The lowest BCUT2D eigenvalue weighted by atomic mass is 9.88. The highest BCUT2D eigenvalue weighted by molar-refractivity contribution is 5.76. The molecule has 55 heavy (non-hydrogen) atoms. The SMILES string of the molecule is CC(=O)N[C@H]1[C@H](OCCCCCCN=[N+]=[N-])O[C@H](CO)[C@@H](O[C@@H]2O[C@H](CO)[C@H](O)[C@H](O[C@]3(C(=O)O)C[C@H](O)[C@@H](NC(C)=O)[C@H]([C@H](O)[C@H](O)CO)O3)[C@H]2O)[C@@H]1O. The quantitative estimate of drug-likeness (QED) is 0.0237. The van der Waals surface area contributed by atoms with Crippen LogP contribution in [0.4, 0.5) is 0 Å². The zero-order valence-corrected chi connectivity index (χ0v) is 30.2. The van der Waals surface area contributed by atoms with E-state index in [1.807, 2.05) is 0 Å². The number of aliphatic hydroxyl groups is 9. The minimum Gasteiger partial charge on any atom is -0.477 e. The first kappa shape index (κ1) is 46.5. The standard InChI is InChI=1S/C31H53N5O19/c1-13(40)34-19-15(42)9-31(30(48)49,54-26(19)21(44)16(43)10-37)55-27-22(45)17(11-38)51-29(24(27)47)53-25-18(12-39)52-28(20(23(25)46)35-14(2)41)50-8-6-4-3-5-7-33-36-32/h15-29,37-39,42-47H,3-12H2,1-2H3,(H,34,40)(H,35,41)(H,48,49)/t15-,16+,17+,18+,19+,20+,21+,22-,23+,24+,25+,26+,27-,28+,29-,31-/m0/s1. The molecule has 0 unspecified atom stereocenters. The average Bonchev–Trinajstić information content (AvgIpc) is 3.14. The van der Waals surface area contributed by atoms with Gasteiger partial charge in [0.05, 0.1) is 32.0 Å². The van der Waals surface area contributed by atoms with Crippen LogP contribution in [-0.4, -0.2) is 199 Å². The van der Waals surface area contributed by atoms with Crippen LogP contribution in [0.25, 0.3) is 10.4 Å². The number of carbonyl (C=O) groups is 3. The molecule has 0 aromatic heterocycles. The van der Waals surface area contributed by atoms with Crippen LogP contribution < -0.4 is 10.6 Å². The third kappa shape index (κ3) is 11.8. The number of hydrogen-bond donors (Lipinski definition) is 12. The number of ether oxygens (including phenoxy) is 6. The van der Waals surface area contributed by atoms with Crippen molar-refractivity contribution >= 4 is 17.8 Å². The van der Waals surface area contributed by atoms with Crippen LogP contribution in [0.1, 0.15) is 46.0 Å². The largest absolute Gasteiger partial charge is 0.477 e. The Balaban J connectivity index is 1.86. The van der Waals surface area contributed by atoms with Crippen molar-refractivity contribution in [1.82, 2.24) is 10.6 Å². The molecular weight excluding hydrogens is 746 g/mol. The summed E-state index contributed by atoms with van der Waals surface area (Å²) in [6.45, 7) is -0.212. The molecule has 24 heteroatoms. The number of unbranched alkanes of at least 4 members (excludes halogenated alkanes) is 3. The normalized spacial score (nSPS) is 37.6. The number of nitrogens with zero attached hydrogens (tertiary/aromatic N) is 3. The molecular formula is C31H53N5O19. The summed E-state index contributed by atoms with van der Waals surface area (Å²) in [5.74, 6) is -6.38. The Kier molecular flexibility index (Phi) is 18.3. The van der Waals surface area contributed by atoms with Crippen LogP contribution in [0.5, 0.6) is 0 Å². The summed E-state index contributed by atoms with van der Waals surface area (Å²) < 4.78 is 34.3. The first-order valence-electron chi connectivity index (χ1n) is 17.7. The smallest absolute Gasteiger partial charge is 0.364 e.